The van der Waals surface area contributed by atoms with Crippen LogP contribution in [0, 0.1) is 0 Å². The molecule has 0 fully saturated rings. The van der Waals surface area contributed by atoms with Gasteiger partial charge in [0.25, 0.3) is 0 Å². The van der Waals surface area contributed by atoms with Crippen molar-refractivity contribution in [3.63, 3.8) is 0 Å². The lowest BCUT2D eigenvalue weighted by molar-refractivity contribution is 1.59. The van der Waals surface area contributed by atoms with Crippen LogP contribution in [0.4, 0.5) is 0 Å². The molecule has 0 saturated heterocycles. The van der Waals surface area contributed by atoms with Crippen molar-refractivity contribution in [1.82, 2.24) is 0 Å². The van der Waals surface area contributed by atoms with Crippen LogP contribution in [-0.4, -0.2) is 0 Å². The molecule has 0 saturated carbocycles. The number of hydrogen-bond acceptors (Lipinski definition) is 0. The van der Waals surface area contributed by atoms with Crippen molar-refractivity contribution in [2.24, 2.45) is 0 Å². The molecule has 0 radical (unpaired) electrons. The maximum absolute atomic E-state index is 2.42. The van der Waals surface area contributed by atoms with E-state index in [4.69, 9.17) is 0 Å². The molecular formula is C48H32. The Kier molecular flexibility index (Phi) is 6.91. The van der Waals surface area contributed by atoms with Gasteiger partial charge in [0.2, 0.25) is 0 Å². The minimum atomic E-state index is 1.21. The molecule has 0 nitrogen and oxygen atoms in total. The molecule has 0 heteroatoms. The Bertz CT molecular complexity index is 2510. The molecule has 0 aromatic heterocycles. The number of fused-ring (bicyclic) bond motifs is 3. The predicted octanol–water partition coefficient (Wildman–Crippen LogP) is 13.5. The van der Waals surface area contributed by atoms with Crippen molar-refractivity contribution in [1.29, 1.82) is 0 Å². The normalized spacial score (nSPS) is 11.3. The highest BCUT2D eigenvalue weighted by Crippen LogP contribution is 2.47. The highest BCUT2D eigenvalue weighted by Gasteiger charge is 2.20. The lowest BCUT2D eigenvalue weighted by atomic mass is 9.82. The fourth-order valence-corrected chi connectivity index (χ4v) is 7.45. The molecule has 0 bridgehead atoms. The van der Waals surface area contributed by atoms with Gasteiger partial charge in [0.15, 0.2) is 0 Å². The summed E-state index contributed by atoms with van der Waals surface area (Å²) < 4.78 is 0. The monoisotopic (exact) mass is 608 g/mol. The van der Waals surface area contributed by atoms with E-state index >= 15 is 0 Å². The van der Waals surface area contributed by atoms with Crippen LogP contribution in [0.2, 0.25) is 0 Å². The summed E-state index contributed by atoms with van der Waals surface area (Å²) in [7, 11) is 0. The van der Waals surface area contributed by atoms with Gasteiger partial charge in [0.05, 0.1) is 0 Å². The minimum absolute atomic E-state index is 1.21. The first-order chi connectivity index (χ1) is 23.8. The van der Waals surface area contributed by atoms with Gasteiger partial charge in [-0.15, -0.1) is 0 Å². The lowest BCUT2D eigenvalue weighted by Gasteiger charge is -2.21. The first kappa shape index (κ1) is 28.0. The third-order valence-electron chi connectivity index (χ3n) is 9.69. The van der Waals surface area contributed by atoms with E-state index in [9.17, 15) is 0 Å². The maximum atomic E-state index is 2.42. The molecule has 0 amide bonds. The van der Waals surface area contributed by atoms with Crippen LogP contribution in [-0.2, 0) is 0 Å². The van der Waals surface area contributed by atoms with E-state index in [0.717, 1.165) is 0 Å². The van der Waals surface area contributed by atoms with Gasteiger partial charge in [-0.2, -0.15) is 0 Å². The summed E-state index contributed by atoms with van der Waals surface area (Å²) in [6.07, 6.45) is 0. The Balaban J connectivity index is 1.34. The van der Waals surface area contributed by atoms with Crippen LogP contribution < -0.4 is 0 Å². The second-order valence-corrected chi connectivity index (χ2v) is 12.4. The standard InChI is InChI=1S/C48H32/c1-3-14-33(15-4-1)34-26-28-37(29-27-34)47-42-21-9-11-23-44(42)48(45-24-12-10-22-43(45)47)46-32-38(30-31-41(46)35-16-5-2-6-17-35)40-25-13-19-36-18-7-8-20-39(36)40/h1-32H. The van der Waals surface area contributed by atoms with Gasteiger partial charge in [-0.3, -0.25) is 0 Å². The van der Waals surface area contributed by atoms with E-state index in [1.54, 1.807) is 0 Å². The van der Waals surface area contributed by atoms with Crippen LogP contribution in [0.5, 0.6) is 0 Å². The Labute approximate surface area is 281 Å². The average molecular weight is 609 g/mol. The highest BCUT2D eigenvalue weighted by molar-refractivity contribution is 6.22. The van der Waals surface area contributed by atoms with Gasteiger partial charge in [-0.25, -0.2) is 0 Å². The first-order valence-corrected chi connectivity index (χ1v) is 16.6. The summed E-state index contributed by atoms with van der Waals surface area (Å²) in [6.45, 7) is 0. The third kappa shape index (κ3) is 4.78. The van der Waals surface area contributed by atoms with Gasteiger partial charge in [-0.1, -0.05) is 188 Å². The first-order valence-electron chi connectivity index (χ1n) is 16.6. The SMILES string of the molecule is c1ccc(-c2ccc(-c3c4ccccc4c(-c4cc(-c5cccc6ccccc56)ccc4-c4ccccc4)c4ccccc34)cc2)cc1. The quantitative estimate of drug-likeness (QED) is 0.171. The summed E-state index contributed by atoms with van der Waals surface area (Å²) in [5, 5.41) is 7.54. The molecule has 9 aromatic rings. The molecule has 0 aliphatic carbocycles. The zero-order valence-electron chi connectivity index (χ0n) is 26.5. The Morgan fingerprint density at radius 2 is 0.667 bits per heavy atom. The number of rotatable bonds is 5. The molecular weight excluding hydrogens is 577 g/mol. The van der Waals surface area contributed by atoms with E-state index in [0.29, 0.717) is 0 Å². The van der Waals surface area contributed by atoms with Gasteiger partial charge in [-0.05, 0) is 94.0 Å². The van der Waals surface area contributed by atoms with E-state index in [1.807, 2.05) is 0 Å². The van der Waals surface area contributed by atoms with Crippen LogP contribution in [0.3, 0.4) is 0 Å². The lowest BCUT2D eigenvalue weighted by Crippen LogP contribution is -1.94. The number of benzene rings is 9. The second-order valence-electron chi connectivity index (χ2n) is 12.4. The Morgan fingerprint density at radius 3 is 1.31 bits per heavy atom. The van der Waals surface area contributed by atoms with Crippen LogP contribution in [0.1, 0.15) is 0 Å². The summed E-state index contributed by atoms with van der Waals surface area (Å²) in [6, 6.07) is 70.7. The summed E-state index contributed by atoms with van der Waals surface area (Å²) in [4.78, 5) is 0. The molecule has 9 aromatic carbocycles. The second kappa shape index (κ2) is 11.8. The molecule has 0 heterocycles. The summed E-state index contributed by atoms with van der Waals surface area (Å²) >= 11 is 0. The zero-order chi connectivity index (χ0) is 31.9. The van der Waals surface area contributed by atoms with E-state index in [-0.39, 0.29) is 0 Å². The molecule has 0 atom stereocenters. The van der Waals surface area contributed by atoms with Crippen LogP contribution in [0.25, 0.3) is 88.0 Å². The third-order valence-corrected chi connectivity index (χ3v) is 9.69. The van der Waals surface area contributed by atoms with E-state index < -0.39 is 0 Å². The van der Waals surface area contributed by atoms with Crippen molar-refractivity contribution in [3.05, 3.63) is 194 Å². The van der Waals surface area contributed by atoms with Gasteiger partial charge in [0.1, 0.15) is 0 Å². The van der Waals surface area contributed by atoms with E-state index in [2.05, 4.69) is 194 Å². The fourth-order valence-electron chi connectivity index (χ4n) is 7.45. The van der Waals surface area contributed by atoms with Gasteiger partial charge in [0, 0.05) is 0 Å². The van der Waals surface area contributed by atoms with Gasteiger partial charge < -0.3 is 0 Å². The van der Waals surface area contributed by atoms with Crippen molar-refractivity contribution in [2.45, 2.75) is 0 Å². The number of hydrogen-bond donors (Lipinski definition) is 0. The molecule has 9 rings (SSSR count). The largest absolute Gasteiger partial charge is 0.0622 e. The molecule has 0 spiro atoms. The van der Waals surface area contributed by atoms with Crippen LogP contribution in [0.15, 0.2) is 194 Å². The maximum Gasteiger partial charge on any atom is -0.00199 e. The Morgan fingerprint density at radius 1 is 0.208 bits per heavy atom. The molecule has 224 valence electrons. The molecule has 0 aliphatic heterocycles. The summed E-state index contributed by atoms with van der Waals surface area (Å²) in [5.74, 6) is 0. The van der Waals surface area contributed by atoms with Gasteiger partial charge >= 0.3 is 0 Å². The van der Waals surface area contributed by atoms with Crippen LogP contribution >= 0.6 is 0 Å². The minimum Gasteiger partial charge on any atom is -0.0622 e. The predicted molar refractivity (Wildman–Crippen MR) is 206 cm³/mol. The zero-order valence-corrected chi connectivity index (χ0v) is 26.5. The van der Waals surface area contributed by atoms with E-state index in [1.165, 1.54) is 88.0 Å². The van der Waals surface area contributed by atoms with Crippen molar-refractivity contribution in [2.75, 3.05) is 0 Å². The highest BCUT2D eigenvalue weighted by atomic mass is 14.2. The van der Waals surface area contributed by atoms with Crippen molar-refractivity contribution >= 4 is 32.3 Å². The molecule has 0 aliphatic rings. The molecule has 48 heavy (non-hydrogen) atoms. The molecule has 0 N–H and O–H groups in total. The average Bonchev–Trinajstić information content (AvgIpc) is 3.17. The van der Waals surface area contributed by atoms with Crippen molar-refractivity contribution in [3.8, 4) is 55.6 Å². The fraction of sp³-hybridized carbons (Fsp3) is 0. The van der Waals surface area contributed by atoms with Crippen molar-refractivity contribution < 1.29 is 0 Å². The Hall–Kier alpha value is -6.24. The smallest absolute Gasteiger partial charge is 0.00199 e. The topological polar surface area (TPSA) is 0 Å². The molecule has 0 unspecified atom stereocenters. The summed E-state index contributed by atoms with van der Waals surface area (Å²) in [5.41, 5.74) is 12.4.